The van der Waals surface area contributed by atoms with Crippen LogP contribution in [-0.2, 0) is 17.6 Å². The molecular weight excluding hydrogens is 176 g/mol. The van der Waals surface area contributed by atoms with E-state index in [1.54, 1.807) is 0 Å². The third-order valence-corrected chi connectivity index (χ3v) is 2.31. The van der Waals surface area contributed by atoms with E-state index >= 15 is 0 Å². The number of imidazole rings is 1. The van der Waals surface area contributed by atoms with E-state index < -0.39 is 0 Å². The van der Waals surface area contributed by atoms with Crippen molar-refractivity contribution in [2.24, 2.45) is 0 Å². The van der Waals surface area contributed by atoms with Gasteiger partial charge in [-0.05, 0) is 12.1 Å². The summed E-state index contributed by atoms with van der Waals surface area (Å²) in [5.41, 5.74) is 2.06. The molecule has 0 unspecified atom stereocenters. The fourth-order valence-electron chi connectivity index (χ4n) is 1.68. The molecule has 0 aliphatic heterocycles. The van der Waals surface area contributed by atoms with Crippen LogP contribution in [0.2, 0.25) is 0 Å². The van der Waals surface area contributed by atoms with E-state index in [4.69, 9.17) is 0 Å². The van der Waals surface area contributed by atoms with Gasteiger partial charge >= 0.3 is 0 Å². The zero-order chi connectivity index (χ0) is 9.97. The summed E-state index contributed by atoms with van der Waals surface area (Å²) in [7, 11) is 0. The van der Waals surface area contributed by atoms with Crippen molar-refractivity contribution in [2.45, 2.75) is 19.8 Å². The highest BCUT2D eigenvalue weighted by molar-refractivity contribution is 5.56. The summed E-state index contributed by atoms with van der Waals surface area (Å²) in [6.45, 7) is 2.06. The van der Waals surface area contributed by atoms with Crippen molar-refractivity contribution >= 4 is 11.8 Å². The Morgan fingerprint density at radius 2 is 2.36 bits per heavy atom. The number of pyridine rings is 1. The van der Waals surface area contributed by atoms with Gasteiger partial charge in [-0.3, -0.25) is 0 Å². The lowest BCUT2D eigenvalue weighted by Gasteiger charge is -2.04. The van der Waals surface area contributed by atoms with Gasteiger partial charge in [-0.1, -0.05) is 13.0 Å². The predicted molar refractivity (Wildman–Crippen MR) is 54.3 cm³/mol. The zero-order valence-electron chi connectivity index (χ0n) is 8.10. The van der Waals surface area contributed by atoms with Gasteiger partial charge in [0.05, 0.1) is 11.7 Å². The summed E-state index contributed by atoms with van der Waals surface area (Å²) in [6, 6.07) is 5.91. The molecule has 0 saturated heterocycles. The zero-order valence-corrected chi connectivity index (χ0v) is 8.10. The standard InChI is InChI=1S/C11H12N2O/c1-2-11-12-8-10-5-3-4-9(6-7-14)13(10)11/h3-5,7-8H,2,6H2,1H3. The van der Waals surface area contributed by atoms with Gasteiger partial charge in [-0.15, -0.1) is 0 Å². The minimum absolute atomic E-state index is 0.445. The summed E-state index contributed by atoms with van der Waals surface area (Å²) < 4.78 is 2.05. The number of rotatable bonds is 3. The van der Waals surface area contributed by atoms with E-state index in [2.05, 4.69) is 16.3 Å². The maximum atomic E-state index is 10.5. The molecule has 0 N–H and O–H groups in total. The third kappa shape index (κ3) is 1.31. The molecule has 0 atom stereocenters. The van der Waals surface area contributed by atoms with Gasteiger partial charge < -0.3 is 9.20 Å². The van der Waals surface area contributed by atoms with Crippen LogP contribution in [0, 0.1) is 0 Å². The van der Waals surface area contributed by atoms with Gasteiger partial charge in [0, 0.05) is 18.5 Å². The predicted octanol–water partition coefficient (Wildman–Crippen LogP) is 1.64. The molecule has 0 spiro atoms. The minimum atomic E-state index is 0.445. The lowest BCUT2D eigenvalue weighted by atomic mass is 10.2. The number of aryl methyl sites for hydroxylation is 1. The van der Waals surface area contributed by atoms with Crippen molar-refractivity contribution in [3.05, 3.63) is 35.9 Å². The Labute approximate surface area is 82.4 Å². The van der Waals surface area contributed by atoms with E-state index in [0.29, 0.717) is 6.42 Å². The van der Waals surface area contributed by atoms with Gasteiger partial charge in [0.1, 0.15) is 12.1 Å². The van der Waals surface area contributed by atoms with Crippen molar-refractivity contribution in [3.63, 3.8) is 0 Å². The van der Waals surface area contributed by atoms with Crippen LogP contribution in [0.3, 0.4) is 0 Å². The molecule has 0 saturated carbocycles. The first-order chi connectivity index (χ1) is 6.86. The minimum Gasteiger partial charge on any atom is -0.303 e. The number of carbonyl (C=O) groups is 1. The van der Waals surface area contributed by atoms with Gasteiger partial charge in [0.2, 0.25) is 0 Å². The normalized spacial score (nSPS) is 10.6. The molecule has 0 radical (unpaired) electrons. The molecule has 2 rings (SSSR count). The molecule has 72 valence electrons. The van der Waals surface area contributed by atoms with Crippen molar-refractivity contribution in [2.75, 3.05) is 0 Å². The van der Waals surface area contributed by atoms with Crippen molar-refractivity contribution in [1.29, 1.82) is 0 Å². The maximum Gasteiger partial charge on any atom is 0.125 e. The third-order valence-electron chi connectivity index (χ3n) is 2.31. The Morgan fingerprint density at radius 3 is 3.07 bits per heavy atom. The van der Waals surface area contributed by atoms with Gasteiger partial charge in [0.25, 0.3) is 0 Å². The molecule has 14 heavy (non-hydrogen) atoms. The van der Waals surface area contributed by atoms with Crippen LogP contribution in [-0.4, -0.2) is 15.7 Å². The molecule has 2 aromatic rings. The molecule has 3 heteroatoms. The van der Waals surface area contributed by atoms with E-state index in [9.17, 15) is 4.79 Å². The lowest BCUT2D eigenvalue weighted by molar-refractivity contribution is -0.107. The van der Waals surface area contributed by atoms with E-state index in [-0.39, 0.29) is 0 Å². The highest BCUT2D eigenvalue weighted by Gasteiger charge is 2.04. The average molecular weight is 188 g/mol. The Balaban J connectivity index is 2.68. The largest absolute Gasteiger partial charge is 0.303 e. The Bertz CT molecular complexity index is 459. The monoisotopic (exact) mass is 188 g/mol. The molecule has 3 nitrogen and oxygen atoms in total. The summed E-state index contributed by atoms with van der Waals surface area (Å²) in [5.74, 6) is 1.01. The first-order valence-corrected chi connectivity index (χ1v) is 4.74. The van der Waals surface area contributed by atoms with Crippen molar-refractivity contribution < 1.29 is 4.79 Å². The van der Waals surface area contributed by atoms with Crippen LogP contribution >= 0.6 is 0 Å². The van der Waals surface area contributed by atoms with Gasteiger partial charge in [0.15, 0.2) is 0 Å². The molecule has 2 heterocycles. The number of nitrogens with zero attached hydrogens (tertiary/aromatic N) is 2. The van der Waals surface area contributed by atoms with Crippen molar-refractivity contribution in [3.8, 4) is 0 Å². The molecule has 2 aromatic heterocycles. The number of aldehydes is 1. The quantitative estimate of drug-likeness (QED) is 0.686. The first-order valence-electron chi connectivity index (χ1n) is 4.74. The number of carbonyl (C=O) groups excluding carboxylic acids is 1. The first kappa shape index (κ1) is 8.94. The Kier molecular flexibility index (Phi) is 2.31. The Morgan fingerprint density at radius 1 is 1.50 bits per heavy atom. The summed E-state index contributed by atoms with van der Waals surface area (Å²) in [6.07, 6.45) is 4.09. The Hall–Kier alpha value is -1.64. The molecular formula is C11H12N2O. The van der Waals surface area contributed by atoms with Crippen LogP contribution in [0.15, 0.2) is 24.4 Å². The highest BCUT2D eigenvalue weighted by Crippen LogP contribution is 2.11. The van der Waals surface area contributed by atoms with E-state index in [1.807, 2.05) is 24.4 Å². The highest BCUT2D eigenvalue weighted by atomic mass is 16.1. The number of hydrogen-bond donors (Lipinski definition) is 0. The van der Waals surface area contributed by atoms with Gasteiger partial charge in [-0.25, -0.2) is 4.98 Å². The summed E-state index contributed by atoms with van der Waals surface area (Å²) >= 11 is 0. The van der Waals surface area contributed by atoms with Crippen LogP contribution < -0.4 is 0 Å². The number of aromatic nitrogens is 2. The fourth-order valence-corrected chi connectivity index (χ4v) is 1.68. The van der Waals surface area contributed by atoms with Crippen LogP contribution in [0.1, 0.15) is 18.4 Å². The van der Waals surface area contributed by atoms with Crippen LogP contribution in [0.5, 0.6) is 0 Å². The lowest BCUT2D eigenvalue weighted by Crippen LogP contribution is -2.01. The topological polar surface area (TPSA) is 34.4 Å². The molecule has 0 amide bonds. The van der Waals surface area contributed by atoms with E-state index in [1.165, 1.54) is 0 Å². The number of hydrogen-bond acceptors (Lipinski definition) is 2. The average Bonchev–Trinajstić information content (AvgIpc) is 2.62. The summed E-state index contributed by atoms with van der Waals surface area (Å²) in [5, 5.41) is 0. The second-order valence-electron chi connectivity index (χ2n) is 3.18. The van der Waals surface area contributed by atoms with Crippen LogP contribution in [0.25, 0.3) is 5.52 Å². The molecule has 0 aromatic carbocycles. The molecule has 0 aliphatic rings. The SMILES string of the molecule is CCc1ncc2cccc(CC=O)n12. The van der Waals surface area contributed by atoms with E-state index in [0.717, 1.165) is 29.7 Å². The second kappa shape index (κ2) is 3.62. The molecule has 0 aliphatic carbocycles. The molecule has 0 bridgehead atoms. The molecule has 0 fully saturated rings. The van der Waals surface area contributed by atoms with Gasteiger partial charge in [-0.2, -0.15) is 0 Å². The second-order valence-corrected chi connectivity index (χ2v) is 3.18. The van der Waals surface area contributed by atoms with Crippen LogP contribution in [0.4, 0.5) is 0 Å². The van der Waals surface area contributed by atoms with Crippen molar-refractivity contribution in [1.82, 2.24) is 9.38 Å². The number of fused-ring (bicyclic) bond motifs is 1. The summed E-state index contributed by atoms with van der Waals surface area (Å²) in [4.78, 5) is 14.8. The maximum absolute atomic E-state index is 10.5. The smallest absolute Gasteiger partial charge is 0.125 e. The fraction of sp³-hybridized carbons (Fsp3) is 0.273.